The molecule has 4 nitrogen and oxygen atoms in total. The van der Waals surface area contributed by atoms with Gasteiger partial charge in [-0.3, -0.25) is 4.79 Å². The van der Waals surface area contributed by atoms with Crippen molar-refractivity contribution in [1.29, 1.82) is 0 Å². The van der Waals surface area contributed by atoms with Crippen LogP contribution in [0.15, 0.2) is 12.3 Å². The summed E-state index contributed by atoms with van der Waals surface area (Å²) in [6.45, 7) is 0. The molecule has 1 amide bonds. The molecule has 1 aromatic heterocycles. The van der Waals surface area contributed by atoms with Gasteiger partial charge in [0.25, 0.3) is 0 Å². The van der Waals surface area contributed by atoms with Crippen molar-refractivity contribution in [3.63, 3.8) is 0 Å². The van der Waals surface area contributed by atoms with Gasteiger partial charge in [0.1, 0.15) is 11.7 Å². The number of rotatable bonds is 3. The second kappa shape index (κ2) is 5.34. The zero-order chi connectivity index (χ0) is 11.4. The number of hydrogen-bond acceptors (Lipinski definition) is 2. The first-order valence-electron chi connectivity index (χ1n) is 5.70. The van der Waals surface area contributed by atoms with Crippen LogP contribution in [0.1, 0.15) is 38.1 Å². The van der Waals surface area contributed by atoms with E-state index in [9.17, 15) is 4.79 Å². The second-order valence-electron chi connectivity index (χ2n) is 4.13. The highest BCUT2D eigenvalue weighted by Gasteiger charge is 2.18. The predicted octanol–water partition coefficient (Wildman–Crippen LogP) is 2.57. The Morgan fingerprint density at radius 1 is 1.50 bits per heavy atom. The maximum Gasteiger partial charge on any atom is 0.240 e. The molecule has 2 rings (SSSR count). The molecule has 0 radical (unpaired) electrons. The number of amides is 1. The van der Waals surface area contributed by atoms with Crippen molar-refractivity contribution in [2.45, 2.75) is 38.1 Å². The van der Waals surface area contributed by atoms with Crippen molar-refractivity contribution < 1.29 is 4.79 Å². The lowest BCUT2D eigenvalue weighted by molar-refractivity contribution is -0.114. The minimum atomic E-state index is -0.181. The summed E-state index contributed by atoms with van der Waals surface area (Å²) < 4.78 is 1.92. The van der Waals surface area contributed by atoms with E-state index in [-0.39, 0.29) is 11.8 Å². The van der Waals surface area contributed by atoms with E-state index in [2.05, 4.69) is 10.4 Å². The molecule has 1 saturated carbocycles. The Bertz CT molecular complexity index is 358. The van der Waals surface area contributed by atoms with Crippen molar-refractivity contribution in [1.82, 2.24) is 9.78 Å². The van der Waals surface area contributed by atoms with Crippen molar-refractivity contribution in [3.05, 3.63) is 12.3 Å². The minimum absolute atomic E-state index is 0.0180. The normalized spacial score (nSPS) is 17.3. The molecule has 0 atom stereocenters. The first kappa shape index (κ1) is 11.5. The molecule has 0 spiro atoms. The average molecular weight is 242 g/mol. The van der Waals surface area contributed by atoms with E-state index >= 15 is 0 Å². The van der Waals surface area contributed by atoms with E-state index in [1.54, 1.807) is 6.20 Å². The van der Waals surface area contributed by atoms with Gasteiger partial charge in [0.05, 0.1) is 12.2 Å². The number of hydrogen-bond donors (Lipinski definition) is 1. The fourth-order valence-corrected chi connectivity index (χ4v) is 2.27. The number of alkyl halides is 1. The Labute approximate surface area is 100.0 Å². The highest BCUT2D eigenvalue weighted by atomic mass is 35.5. The van der Waals surface area contributed by atoms with Gasteiger partial charge in [-0.05, 0) is 12.8 Å². The minimum Gasteiger partial charge on any atom is -0.310 e. The topological polar surface area (TPSA) is 46.9 Å². The van der Waals surface area contributed by atoms with Crippen molar-refractivity contribution in [3.8, 4) is 0 Å². The lowest BCUT2D eigenvalue weighted by Crippen LogP contribution is -2.20. The van der Waals surface area contributed by atoms with Crippen molar-refractivity contribution >= 4 is 23.3 Å². The molecule has 1 N–H and O–H groups in total. The summed E-state index contributed by atoms with van der Waals surface area (Å²) in [5.41, 5.74) is 0. The van der Waals surface area contributed by atoms with Gasteiger partial charge in [-0.15, -0.1) is 11.6 Å². The van der Waals surface area contributed by atoms with Crippen LogP contribution in [0.3, 0.4) is 0 Å². The van der Waals surface area contributed by atoms with Gasteiger partial charge in [0.15, 0.2) is 0 Å². The average Bonchev–Trinajstić information content (AvgIpc) is 2.78. The molecule has 0 saturated heterocycles. The zero-order valence-electron chi connectivity index (χ0n) is 9.16. The van der Waals surface area contributed by atoms with E-state index in [0.29, 0.717) is 6.04 Å². The number of nitrogens with one attached hydrogen (secondary N) is 1. The monoisotopic (exact) mass is 241 g/mol. The van der Waals surface area contributed by atoms with Crippen molar-refractivity contribution in [2.75, 3.05) is 11.2 Å². The molecular weight excluding hydrogens is 226 g/mol. The molecule has 1 aliphatic carbocycles. The number of anilines is 1. The van der Waals surface area contributed by atoms with Crippen LogP contribution in [-0.4, -0.2) is 21.6 Å². The SMILES string of the molecule is O=C(CCl)Nc1ccnn1C1CCCCC1. The summed E-state index contributed by atoms with van der Waals surface area (Å²) in [5.74, 6) is 0.562. The van der Waals surface area contributed by atoms with E-state index < -0.39 is 0 Å². The Balaban J connectivity index is 2.08. The van der Waals surface area contributed by atoms with Gasteiger partial charge in [-0.2, -0.15) is 5.10 Å². The number of nitrogens with zero attached hydrogens (tertiary/aromatic N) is 2. The molecule has 1 heterocycles. The van der Waals surface area contributed by atoms with Gasteiger partial charge in [-0.25, -0.2) is 4.68 Å². The molecule has 88 valence electrons. The maximum atomic E-state index is 11.2. The van der Waals surface area contributed by atoms with Crippen LogP contribution in [0, 0.1) is 0 Å². The maximum absolute atomic E-state index is 11.2. The van der Waals surface area contributed by atoms with Gasteiger partial charge in [-0.1, -0.05) is 19.3 Å². The summed E-state index contributed by atoms with van der Waals surface area (Å²) in [4.78, 5) is 11.2. The van der Waals surface area contributed by atoms with Crippen LogP contribution in [0.2, 0.25) is 0 Å². The first-order valence-corrected chi connectivity index (χ1v) is 6.24. The molecule has 1 fully saturated rings. The largest absolute Gasteiger partial charge is 0.310 e. The first-order chi connectivity index (χ1) is 7.81. The second-order valence-corrected chi connectivity index (χ2v) is 4.40. The molecule has 1 aromatic rings. The standard InChI is InChI=1S/C11H16ClN3O/c12-8-11(16)14-10-6-7-13-15(10)9-4-2-1-3-5-9/h6-7,9H,1-5,8H2,(H,14,16). The van der Waals surface area contributed by atoms with E-state index in [0.717, 1.165) is 18.7 Å². The molecule has 0 unspecified atom stereocenters. The summed E-state index contributed by atoms with van der Waals surface area (Å²) in [5, 5.41) is 7.05. The molecule has 5 heteroatoms. The van der Waals surface area contributed by atoms with Gasteiger partial charge < -0.3 is 5.32 Å². The highest BCUT2D eigenvalue weighted by molar-refractivity contribution is 6.29. The summed E-state index contributed by atoms with van der Waals surface area (Å²) in [6.07, 6.45) is 7.80. The number of aromatic nitrogens is 2. The number of halogens is 1. The zero-order valence-corrected chi connectivity index (χ0v) is 9.91. The van der Waals surface area contributed by atoms with Gasteiger partial charge in [0, 0.05) is 6.07 Å². The van der Waals surface area contributed by atoms with Crippen molar-refractivity contribution in [2.24, 2.45) is 0 Å². The van der Waals surface area contributed by atoms with E-state index in [4.69, 9.17) is 11.6 Å². The third-order valence-electron chi connectivity index (χ3n) is 2.98. The Morgan fingerprint density at radius 3 is 2.94 bits per heavy atom. The van der Waals surface area contributed by atoms with Gasteiger partial charge in [0.2, 0.25) is 5.91 Å². The van der Waals surface area contributed by atoms with Crippen LogP contribution in [0.4, 0.5) is 5.82 Å². The van der Waals surface area contributed by atoms with Crippen LogP contribution < -0.4 is 5.32 Å². The lowest BCUT2D eigenvalue weighted by atomic mass is 9.96. The Morgan fingerprint density at radius 2 is 2.25 bits per heavy atom. The molecular formula is C11H16ClN3O. The van der Waals surface area contributed by atoms with Gasteiger partial charge >= 0.3 is 0 Å². The fraction of sp³-hybridized carbons (Fsp3) is 0.636. The third kappa shape index (κ3) is 2.55. The Hall–Kier alpha value is -1.03. The lowest BCUT2D eigenvalue weighted by Gasteiger charge is -2.23. The summed E-state index contributed by atoms with van der Waals surface area (Å²) in [6, 6.07) is 2.24. The smallest absolute Gasteiger partial charge is 0.240 e. The molecule has 0 aliphatic heterocycles. The van der Waals surface area contributed by atoms with E-state index in [1.807, 2.05) is 10.7 Å². The summed E-state index contributed by atoms with van der Waals surface area (Å²) >= 11 is 5.47. The molecule has 16 heavy (non-hydrogen) atoms. The third-order valence-corrected chi connectivity index (χ3v) is 3.22. The quantitative estimate of drug-likeness (QED) is 0.827. The van der Waals surface area contributed by atoms with Crippen LogP contribution >= 0.6 is 11.6 Å². The van der Waals surface area contributed by atoms with Crippen LogP contribution in [0.25, 0.3) is 0 Å². The van der Waals surface area contributed by atoms with E-state index in [1.165, 1.54) is 19.3 Å². The molecule has 0 bridgehead atoms. The fourth-order valence-electron chi connectivity index (χ4n) is 2.21. The molecule has 0 aromatic carbocycles. The molecule has 1 aliphatic rings. The number of carbonyl (C=O) groups excluding carboxylic acids is 1. The van der Waals surface area contributed by atoms with Crippen LogP contribution in [0.5, 0.6) is 0 Å². The predicted molar refractivity (Wildman–Crippen MR) is 63.7 cm³/mol. The Kier molecular flexibility index (Phi) is 3.83. The van der Waals surface area contributed by atoms with Crippen LogP contribution in [-0.2, 0) is 4.79 Å². The highest BCUT2D eigenvalue weighted by Crippen LogP contribution is 2.29. The summed E-state index contributed by atoms with van der Waals surface area (Å²) in [7, 11) is 0. The number of carbonyl (C=O) groups is 1.